The summed E-state index contributed by atoms with van der Waals surface area (Å²) in [6.45, 7) is 28.5. The fourth-order valence-corrected chi connectivity index (χ4v) is 5.20. The van der Waals surface area contributed by atoms with Crippen LogP contribution in [0.2, 0.25) is 0 Å². The molecule has 1 radical (unpaired) electrons. The Morgan fingerprint density at radius 1 is 0.647 bits per heavy atom. The van der Waals surface area contributed by atoms with E-state index in [1.807, 2.05) is 0 Å². The number of benzene rings is 2. The van der Waals surface area contributed by atoms with Crippen molar-refractivity contribution in [2.45, 2.75) is 81.3 Å². The van der Waals surface area contributed by atoms with E-state index in [0.29, 0.717) is 12.1 Å². The summed E-state index contributed by atoms with van der Waals surface area (Å²) in [5, 5.41) is 0. The molecule has 189 valence electrons. The summed E-state index contributed by atoms with van der Waals surface area (Å²) in [6, 6.07) is 16.1. The van der Waals surface area contributed by atoms with Crippen molar-refractivity contribution in [3.05, 3.63) is 36.4 Å². The van der Waals surface area contributed by atoms with Gasteiger partial charge in [0.1, 0.15) is 0 Å². The second-order valence-corrected chi connectivity index (χ2v) is 9.39. The summed E-state index contributed by atoms with van der Waals surface area (Å²) in [7, 11) is 0. The normalized spacial score (nSPS) is 11.3. The Bertz CT molecular complexity index is 836. The molecule has 0 spiro atoms. The summed E-state index contributed by atoms with van der Waals surface area (Å²) in [5.41, 5.74) is 7.64. The lowest BCUT2D eigenvalue weighted by Crippen LogP contribution is -2.37. The maximum atomic E-state index is 3.89. The Labute approximate surface area is 210 Å². The smallest absolute Gasteiger partial charge is 0.0569 e. The van der Waals surface area contributed by atoms with Crippen LogP contribution in [0.15, 0.2) is 30.3 Å². The molecule has 2 aromatic rings. The van der Waals surface area contributed by atoms with Gasteiger partial charge in [0.15, 0.2) is 0 Å². The first-order chi connectivity index (χ1) is 16.3. The van der Waals surface area contributed by atoms with E-state index in [1.165, 1.54) is 33.9 Å². The molecule has 0 saturated carbocycles. The van der Waals surface area contributed by atoms with E-state index in [2.05, 4.69) is 125 Å². The van der Waals surface area contributed by atoms with E-state index in [-0.39, 0.29) is 0 Å². The average molecular weight is 466 g/mol. The van der Waals surface area contributed by atoms with Gasteiger partial charge in [-0.1, -0.05) is 18.2 Å². The SMILES string of the molecule is CCN(CC)c1[c]c(N(CC)CC)c(-c2ccccc2N(C(C)C)C(C)C)c(N(CC)CC)c1. The molecule has 0 aliphatic carbocycles. The van der Waals surface area contributed by atoms with Crippen molar-refractivity contribution in [2.75, 3.05) is 58.9 Å². The molecular weight excluding hydrogens is 416 g/mol. The molecule has 0 aliphatic rings. The molecule has 0 fully saturated rings. The number of hydrogen-bond donors (Lipinski definition) is 0. The molecule has 0 heterocycles. The van der Waals surface area contributed by atoms with Gasteiger partial charge in [0.2, 0.25) is 0 Å². The number of nitrogens with zero attached hydrogens (tertiary/aromatic N) is 4. The van der Waals surface area contributed by atoms with E-state index in [1.54, 1.807) is 0 Å². The van der Waals surface area contributed by atoms with Gasteiger partial charge in [-0.3, -0.25) is 0 Å². The van der Waals surface area contributed by atoms with Crippen LogP contribution in [0, 0.1) is 6.07 Å². The minimum atomic E-state index is 0.411. The van der Waals surface area contributed by atoms with Gasteiger partial charge in [0.05, 0.1) is 5.69 Å². The summed E-state index contributed by atoms with van der Waals surface area (Å²) in [5.74, 6) is 0. The maximum absolute atomic E-state index is 3.89. The lowest BCUT2D eigenvalue weighted by Gasteiger charge is -2.37. The first-order valence-corrected chi connectivity index (χ1v) is 13.5. The number of rotatable bonds is 13. The third-order valence-electron chi connectivity index (χ3n) is 6.87. The Kier molecular flexibility index (Phi) is 10.6. The highest BCUT2D eigenvalue weighted by molar-refractivity contribution is 5.97. The third-order valence-corrected chi connectivity index (χ3v) is 6.87. The zero-order valence-corrected chi connectivity index (χ0v) is 23.6. The Morgan fingerprint density at radius 2 is 1.15 bits per heavy atom. The van der Waals surface area contributed by atoms with Gasteiger partial charge in [-0.2, -0.15) is 0 Å². The third kappa shape index (κ3) is 5.82. The molecule has 2 rings (SSSR count). The van der Waals surface area contributed by atoms with Crippen LogP contribution in [0.4, 0.5) is 22.7 Å². The van der Waals surface area contributed by atoms with Gasteiger partial charge in [0.25, 0.3) is 0 Å². The fourth-order valence-electron chi connectivity index (χ4n) is 5.20. The second-order valence-electron chi connectivity index (χ2n) is 9.39. The number of hydrogen-bond acceptors (Lipinski definition) is 4. The molecular formula is C30H49N4. The van der Waals surface area contributed by atoms with Crippen molar-refractivity contribution in [3.8, 4) is 11.1 Å². The van der Waals surface area contributed by atoms with Gasteiger partial charge in [-0.25, -0.2) is 0 Å². The molecule has 34 heavy (non-hydrogen) atoms. The van der Waals surface area contributed by atoms with Crippen molar-refractivity contribution >= 4 is 22.7 Å². The van der Waals surface area contributed by atoms with Crippen molar-refractivity contribution < 1.29 is 0 Å². The molecule has 0 atom stereocenters. The zero-order chi connectivity index (χ0) is 25.4. The van der Waals surface area contributed by atoms with E-state index in [0.717, 1.165) is 39.3 Å². The van der Waals surface area contributed by atoms with Crippen LogP contribution in [0.5, 0.6) is 0 Å². The summed E-state index contributed by atoms with van der Waals surface area (Å²) in [6.07, 6.45) is 0. The van der Waals surface area contributed by atoms with Crippen molar-refractivity contribution in [3.63, 3.8) is 0 Å². The molecule has 0 aromatic heterocycles. The van der Waals surface area contributed by atoms with Crippen LogP contribution in [-0.2, 0) is 0 Å². The van der Waals surface area contributed by atoms with Gasteiger partial charge >= 0.3 is 0 Å². The Morgan fingerprint density at radius 3 is 1.62 bits per heavy atom. The standard InChI is InChI=1S/C30H49N4/c1-11-31(12-2)25-21-28(32(13-3)14-4)30(29(22-25)33(15-5)16-6)26-19-17-18-20-27(26)34(23(7)8)24(9)10/h17-21,23-24H,11-16H2,1-10H3. The highest BCUT2D eigenvalue weighted by atomic mass is 15.2. The first-order valence-electron chi connectivity index (χ1n) is 13.5. The predicted octanol–water partition coefficient (Wildman–Crippen LogP) is 7.32. The van der Waals surface area contributed by atoms with Crippen LogP contribution >= 0.6 is 0 Å². The maximum Gasteiger partial charge on any atom is 0.0569 e. The van der Waals surface area contributed by atoms with Crippen LogP contribution in [0.1, 0.15) is 69.2 Å². The highest BCUT2D eigenvalue weighted by Crippen LogP contribution is 2.46. The van der Waals surface area contributed by atoms with Crippen LogP contribution in [-0.4, -0.2) is 51.4 Å². The molecule has 4 nitrogen and oxygen atoms in total. The molecule has 0 aliphatic heterocycles. The molecule has 0 unspecified atom stereocenters. The van der Waals surface area contributed by atoms with Gasteiger partial charge in [-0.15, -0.1) is 0 Å². The minimum Gasteiger partial charge on any atom is -0.371 e. The van der Waals surface area contributed by atoms with Gasteiger partial charge in [-0.05, 0) is 81.4 Å². The highest BCUT2D eigenvalue weighted by Gasteiger charge is 2.26. The topological polar surface area (TPSA) is 13.0 Å². The van der Waals surface area contributed by atoms with Gasteiger partial charge < -0.3 is 19.6 Å². The average Bonchev–Trinajstić information content (AvgIpc) is 2.81. The summed E-state index contributed by atoms with van der Waals surface area (Å²) in [4.78, 5) is 9.95. The molecule has 0 N–H and O–H groups in total. The summed E-state index contributed by atoms with van der Waals surface area (Å²) < 4.78 is 0. The predicted molar refractivity (Wildman–Crippen MR) is 154 cm³/mol. The zero-order valence-electron chi connectivity index (χ0n) is 23.6. The van der Waals surface area contributed by atoms with E-state index in [9.17, 15) is 0 Å². The van der Waals surface area contributed by atoms with Crippen LogP contribution < -0.4 is 19.6 Å². The molecule has 0 amide bonds. The molecule has 0 bridgehead atoms. The van der Waals surface area contributed by atoms with Crippen LogP contribution in [0.25, 0.3) is 11.1 Å². The first kappa shape index (κ1) is 27.9. The van der Waals surface area contributed by atoms with E-state index < -0.39 is 0 Å². The lowest BCUT2D eigenvalue weighted by molar-refractivity contribution is 0.608. The molecule has 2 aromatic carbocycles. The summed E-state index contributed by atoms with van der Waals surface area (Å²) >= 11 is 0. The van der Waals surface area contributed by atoms with E-state index >= 15 is 0 Å². The number of para-hydroxylation sites is 1. The molecule has 4 heteroatoms. The van der Waals surface area contributed by atoms with Crippen molar-refractivity contribution in [2.24, 2.45) is 0 Å². The number of anilines is 4. The van der Waals surface area contributed by atoms with E-state index in [4.69, 9.17) is 0 Å². The van der Waals surface area contributed by atoms with Crippen LogP contribution in [0.3, 0.4) is 0 Å². The second kappa shape index (κ2) is 12.9. The molecule has 0 saturated heterocycles. The Balaban J connectivity index is 3.02. The minimum absolute atomic E-state index is 0.411. The van der Waals surface area contributed by atoms with Crippen molar-refractivity contribution in [1.82, 2.24) is 0 Å². The van der Waals surface area contributed by atoms with Crippen molar-refractivity contribution in [1.29, 1.82) is 0 Å². The fraction of sp³-hybridized carbons (Fsp3) is 0.600. The lowest BCUT2D eigenvalue weighted by atomic mass is 9.95. The monoisotopic (exact) mass is 465 g/mol. The van der Waals surface area contributed by atoms with Gasteiger partial charge in [0, 0.05) is 85.6 Å². The quantitative estimate of drug-likeness (QED) is 0.307. The Hall–Kier alpha value is -2.36. The largest absolute Gasteiger partial charge is 0.371 e.